The quantitative estimate of drug-likeness (QED) is 0.219. The van der Waals surface area contributed by atoms with E-state index in [4.69, 9.17) is 31.2 Å². The molecule has 1 aromatic heterocycles. The number of rotatable bonds is 9. The Morgan fingerprint density at radius 2 is 2.14 bits per heavy atom. The number of hydrogen-bond donors (Lipinski definition) is 2. The summed E-state index contributed by atoms with van der Waals surface area (Å²) in [6.07, 6.45) is 1.79. The van der Waals surface area contributed by atoms with Crippen molar-refractivity contribution in [3.8, 4) is 0 Å². The highest BCUT2D eigenvalue weighted by molar-refractivity contribution is 8.63. The molecule has 1 aromatic rings. The van der Waals surface area contributed by atoms with Crippen molar-refractivity contribution in [1.82, 2.24) is 9.55 Å². The van der Waals surface area contributed by atoms with E-state index in [1.165, 1.54) is 4.57 Å². The normalized spacial score (nSPS) is 31.4. The molecule has 2 aliphatic rings. The van der Waals surface area contributed by atoms with Crippen molar-refractivity contribution < 1.29 is 18.8 Å². The fourth-order valence-electron chi connectivity index (χ4n) is 4.49. The number of nitrogens with zero attached hydrogens (tertiary/aromatic N) is 2. The van der Waals surface area contributed by atoms with Gasteiger partial charge >= 0.3 is 11.8 Å². The second kappa shape index (κ2) is 11.8. The summed E-state index contributed by atoms with van der Waals surface area (Å²) in [5, 5.41) is 10.9. The van der Waals surface area contributed by atoms with Crippen LogP contribution in [0.4, 0.5) is 5.82 Å². The molecule has 0 spiro atoms. The molecule has 3 rings (SSSR count). The molecule has 3 N–H and O–H groups in total. The van der Waals surface area contributed by atoms with Gasteiger partial charge in [-0.3, -0.25) is 4.57 Å². The highest BCUT2D eigenvalue weighted by Crippen LogP contribution is 2.55. The topological polar surface area (TPSA) is 109 Å². The van der Waals surface area contributed by atoms with Crippen molar-refractivity contribution in [3.63, 3.8) is 0 Å². The molecular formula is C25H43N3O5PS2Si+. The van der Waals surface area contributed by atoms with E-state index in [-0.39, 0.29) is 34.4 Å². The van der Waals surface area contributed by atoms with E-state index in [0.29, 0.717) is 18.8 Å². The third-order valence-corrected chi connectivity index (χ3v) is 17.0. The molecule has 12 heteroatoms. The van der Waals surface area contributed by atoms with Gasteiger partial charge in [-0.1, -0.05) is 32.9 Å². The van der Waals surface area contributed by atoms with Gasteiger partial charge in [0.1, 0.15) is 36.1 Å². The zero-order valence-corrected chi connectivity index (χ0v) is 26.6. The van der Waals surface area contributed by atoms with Crippen LogP contribution in [-0.4, -0.2) is 52.6 Å². The third kappa shape index (κ3) is 7.51. The van der Waals surface area contributed by atoms with Gasteiger partial charge < -0.3 is 20.0 Å². The molecule has 0 amide bonds. The van der Waals surface area contributed by atoms with E-state index in [1.807, 2.05) is 6.92 Å². The van der Waals surface area contributed by atoms with Crippen LogP contribution in [-0.2, 0) is 25.5 Å². The summed E-state index contributed by atoms with van der Waals surface area (Å²) in [7, 11) is -2.12. The lowest BCUT2D eigenvalue weighted by atomic mass is 9.77. The molecule has 0 bridgehead atoms. The summed E-state index contributed by atoms with van der Waals surface area (Å²) in [4.78, 5) is 16.3. The molecule has 2 unspecified atom stereocenters. The molecule has 1 saturated carbocycles. The van der Waals surface area contributed by atoms with Gasteiger partial charge in [-0.05, 0) is 63.2 Å². The molecule has 208 valence electrons. The second-order valence-corrected chi connectivity index (χ2v) is 21.9. The van der Waals surface area contributed by atoms with Crippen molar-refractivity contribution in [2.45, 2.75) is 108 Å². The van der Waals surface area contributed by atoms with Gasteiger partial charge in [0.25, 0.3) is 0 Å². The number of aliphatic hydroxyl groups excluding tert-OH is 1. The van der Waals surface area contributed by atoms with Crippen LogP contribution in [0.2, 0.25) is 18.1 Å². The summed E-state index contributed by atoms with van der Waals surface area (Å²) < 4.78 is 20.3. The average Bonchev–Trinajstić information content (AvgIpc) is 3.15. The Kier molecular flexibility index (Phi) is 9.88. The Balaban J connectivity index is 1.70. The minimum atomic E-state index is -2.12. The molecule has 8 nitrogen and oxygen atoms in total. The lowest BCUT2D eigenvalue weighted by Gasteiger charge is -2.39. The van der Waals surface area contributed by atoms with Crippen LogP contribution in [0.3, 0.4) is 0 Å². The van der Waals surface area contributed by atoms with E-state index in [2.05, 4.69) is 52.4 Å². The number of nitrogen functional groups attached to an aromatic ring is 1. The molecule has 7 atom stereocenters. The minimum Gasteiger partial charge on any atom is -0.411 e. The number of aromatic nitrogens is 2. The summed E-state index contributed by atoms with van der Waals surface area (Å²) in [6, 6.07) is 1.59. The van der Waals surface area contributed by atoms with E-state index in [9.17, 15) is 9.90 Å². The smallest absolute Gasteiger partial charge is 0.411 e. The first kappa shape index (κ1) is 30.9. The lowest BCUT2D eigenvalue weighted by molar-refractivity contribution is -0.0364. The van der Waals surface area contributed by atoms with Crippen molar-refractivity contribution in [2.24, 2.45) is 5.92 Å². The van der Waals surface area contributed by atoms with Gasteiger partial charge in [0.15, 0.2) is 8.32 Å². The fourth-order valence-corrected chi connectivity index (χ4v) is 10.7. The maximum atomic E-state index is 12.5. The van der Waals surface area contributed by atoms with Crippen molar-refractivity contribution in [2.75, 3.05) is 12.3 Å². The van der Waals surface area contributed by atoms with Crippen LogP contribution in [0.5, 0.6) is 0 Å². The number of hydrogen-bond acceptors (Lipinski definition) is 9. The maximum Gasteiger partial charge on any atom is 0.415 e. The highest BCUT2D eigenvalue weighted by atomic mass is 32.9. The van der Waals surface area contributed by atoms with Crippen LogP contribution in [0.25, 0.3) is 0 Å². The highest BCUT2D eigenvalue weighted by Gasteiger charge is 2.48. The third-order valence-electron chi connectivity index (χ3n) is 8.12. The van der Waals surface area contributed by atoms with Gasteiger partial charge in [-0.15, -0.1) is 0 Å². The Bertz CT molecular complexity index is 1070. The average molecular weight is 589 g/mol. The van der Waals surface area contributed by atoms with Crippen LogP contribution in [0.15, 0.2) is 29.2 Å². The predicted octanol–water partition coefficient (Wildman–Crippen LogP) is 5.52. The summed E-state index contributed by atoms with van der Waals surface area (Å²) in [5.41, 5.74) is 6.35. The Morgan fingerprint density at radius 1 is 1.46 bits per heavy atom. The first-order chi connectivity index (χ1) is 17.0. The minimum absolute atomic E-state index is 0.0178. The molecular weight excluding hydrogens is 545 g/mol. The molecule has 37 heavy (non-hydrogen) atoms. The van der Waals surface area contributed by atoms with Crippen LogP contribution >= 0.6 is 17.5 Å². The Morgan fingerprint density at radius 3 is 2.70 bits per heavy atom. The van der Waals surface area contributed by atoms with Gasteiger partial charge in [0.05, 0.1) is 17.0 Å². The van der Waals surface area contributed by atoms with Gasteiger partial charge in [-0.25, -0.2) is 4.79 Å². The zero-order chi connectivity index (χ0) is 27.8. The monoisotopic (exact) mass is 588 g/mol. The van der Waals surface area contributed by atoms with Crippen molar-refractivity contribution in [1.29, 1.82) is 0 Å². The Hall–Kier alpha value is -0.653. The molecule has 0 radical (unpaired) electrons. The number of allylic oxidation sites excluding steroid dienone is 1. The van der Waals surface area contributed by atoms with Crippen LogP contribution in [0, 0.1) is 5.92 Å². The molecule has 1 saturated heterocycles. The number of aliphatic hydroxyl groups is 1. The van der Waals surface area contributed by atoms with Gasteiger partial charge in [0.2, 0.25) is 11.8 Å². The predicted molar refractivity (Wildman–Crippen MR) is 158 cm³/mol. The largest absolute Gasteiger partial charge is 0.415 e. The molecule has 1 aliphatic carbocycles. The Labute approximate surface area is 232 Å². The molecule has 2 heterocycles. The van der Waals surface area contributed by atoms with E-state index in [1.54, 1.807) is 23.6 Å². The first-order valence-electron chi connectivity index (χ1n) is 12.8. The zero-order valence-electron chi connectivity index (χ0n) is 23.1. The van der Waals surface area contributed by atoms with Crippen molar-refractivity contribution in [3.05, 3.63) is 34.9 Å². The van der Waals surface area contributed by atoms with E-state index in [0.717, 1.165) is 18.4 Å². The molecule has 0 aromatic carbocycles. The summed E-state index contributed by atoms with van der Waals surface area (Å²) in [5.74, 6) is 0.527. The lowest BCUT2D eigenvalue weighted by Crippen LogP contribution is -2.46. The maximum absolute atomic E-state index is 12.5. The SMILES string of the molecule is C=C(C)[C@@H]1CC[C@](C)(S[P+](=S)OC[C@H]2O[C@@H](n3ccc(N)nc3=O)CC2O[Si](C)(C)C(C)(C)C)[C@@H](O)C1. The van der Waals surface area contributed by atoms with Crippen LogP contribution in [0.1, 0.15) is 66.5 Å². The number of anilines is 1. The van der Waals surface area contributed by atoms with E-state index < -0.39 is 32.5 Å². The molecule has 2 fully saturated rings. The summed E-state index contributed by atoms with van der Waals surface area (Å²) >= 11 is 7.29. The summed E-state index contributed by atoms with van der Waals surface area (Å²) in [6.45, 7) is 19.4. The van der Waals surface area contributed by atoms with Crippen LogP contribution < -0.4 is 11.4 Å². The number of ether oxygens (including phenoxy) is 1. The second-order valence-electron chi connectivity index (χ2n) is 12.1. The van der Waals surface area contributed by atoms with Gasteiger partial charge in [-0.2, -0.15) is 9.51 Å². The first-order valence-corrected chi connectivity index (χ1v) is 19.4. The fraction of sp³-hybridized carbons (Fsp3) is 0.760. The standard InChI is InChI=1S/C25H42N3O5PS2Si/c1-16(2)17-9-11-25(6,20(29)13-17)36-34(35)31-15-19-18(33-37(7,8)24(3,4)5)14-22(32-19)28-12-10-21(26)27-23(28)30/h10,12,17-20,22,29H,1,9,11,13-15H2,2-8H3,(H-,26,27,30)/p+1/t17-,18?,19-,20+,22-,25+/m1/s1. The number of nitrogens with two attached hydrogens (primary N) is 1. The molecule has 1 aliphatic heterocycles. The van der Waals surface area contributed by atoms with Gasteiger partial charge in [0, 0.05) is 12.6 Å². The van der Waals surface area contributed by atoms with Crippen molar-refractivity contribution >= 4 is 43.4 Å². The van der Waals surface area contributed by atoms with E-state index >= 15 is 0 Å².